The first-order chi connectivity index (χ1) is 17.3. The first-order valence-electron chi connectivity index (χ1n) is 12.4. The Hall–Kier alpha value is -2.98. The summed E-state index contributed by atoms with van der Waals surface area (Å²) in [5.74, 6) is -1.06. The van der Waals surface area contributed by atoms with Crippen molar-refractivity contribution in [2.75, 3.05) is 31.5 Å². The molecule has 0 saturated carbocycles. The molecule has 10 heteroatoms. The molecule has 1 N–H and O–H groups in total. The smallest absolute Gasteiger partial charge is 0.304 e. The topological polar surface area (TPSA) is 90.0 Å². The minimum atomic E-state index is -4.04. The van der Waals surface area contributed by atoms with E-state index >= 15 is 0 Å². The van der Waals surface area contributed by atoms with Gasteiger partial charge in [0.25, 0.3) is 0 Å². The molecule has 2 aromatic carbocycles. The molecule has 2 aromatic rings. The normalized spacial score (nSPS) is 12.5. The summed E-state index contributed by atoms with van der Waals surface area (Å²) in [6, 6.07) is 10.2. The number of anilines is 1. The lowest BCUT2D eigenvalue weighted by Gasteiger charge is -2.34. The third kappa shape index (κ3) is 8.00. The Morgan fingerprint density at radius 2 is 1.65 bits per heavy atom. The van der Waals surface area contributed by atoms with Crippen molar-refractivity contribution in [3.8, 4) is 0 Å². The summed E-state index contributed by atoms with van der Waals surface area (Å²) in [6.07, 6.45) is 0.320. The number of nitrogens with one attached hydrogen (secondary N) is 1. The van der Waals surface area contributed by atoms with Gasteiger partial charge in [-0.05, 0) is 61.1 Å². The SMILES string of the molecule is CC[C@H](C(=O)NCC(C)C)N(Cc1ccc(F)cc1)C(=O)CN(c1cc(C)ccc1C)S(=O)(=O)N(C)C. The van der Waals surface area contributed by atoms with Gasteiger partial charge >= 0.3 is 10.2 Å². The van der Waals surface area contributed by atoms with Crippen molar-refractivity contribution < 1.29 is 22.4 Å². The van der Waals surface area contributed by atoms with Crippen LogP contribution in [0.25, 0.3) is 0 Å². The molecule has 0 radical (unpaired) electrons. The molecule has 0 aliphatic heterocycles. The van der Waals surface area contributed by atoms with Gasteiger partial charge in [0.05, 0.1) is 5.69 Å². The molecule has 0 aromatic heterocycles. The second-order valence-electron chi connectivity index (χ2n) is 9.80. The fourth-order valence-electron chi connectivity index (χ4n) is 3.82. The van der Waals surface area contributed by atoms with Crippen LogP contribution >= 0.6 is 0 Å². The first kappa shape index (κ1) is 30.2. The molecule has 2 amide bonds. The van der Waals surface area contributed by atoms with E-state index < -0.39 is 34.5 Å². The van der Waals surface area contributed by atoms with Crippen molar-refractivity contribution in [2.24, 2.45) is 5.92 Å². The van der Waals surface area contributed by atoms with Gasteiger partial charge in [-0.3, -0.25) is 9.59 Å². The third-order valence-electron chi connectivity index (χ3n) is 5.99. The zero-order valence-corrected chi connectivity index (χ0v) is 23.6. The zero-order chi connectivity index (χ0) is 27.9. The summed E-state index contributed by atoms with van der Waals surface area (Å²) in [5.41, 5.74) is 2.55. The highest BCUT2D eigenvalue weighted by Gasteiger charge is 2.34. The average molecular weight is 535 g/mol. The number of benzene rings is 2. The van der Waals surface area contributed by atoms with Crippen molar-refractivity contribution in [2.45, 2.75) is 53.6 Å². The molecule has 0 bridgehead atoms. The Balaban J connectivity index is 2.53. The molecule has 0 aliphatic rings. The predicted molar refractivity (Wildman–Crippen MR) is 145 cm³/mol. The van der Waals surface area contributed by atoms with E-state index in [-0.39, 0.29) is 18.4 Å². The fraction of sp³-hybridized carbons (Fsp3) is 0.481. The van der Waals surface area contributed by atoms with E-state index in [0.717, 1.165) is 14.2 Å². The van der Waals surface area contributed by atoms with Crippen LogP contribution in [0.1, 0.15) is 43.9 Å². The van der Waals surface area contributed by atoms with Crippen LogP contribution in [0.5, 0.6) is 0 Å². The Morgan fingerprint density at radius 3 is 2.19 bits per heavy atom. The van der Waals surface area contributed by atoms with Crippen LogP contribution in [-0.4, -0.2) is 62.7 Å². The summed E-state index contributed by atoms with van der Waals surface area (Å²) in [7, 11) is -1.23. The quantitative estimate of drug-likeness (QED) is 0.450. The molecule has 0 saturated heterocycles. The maximum Gasteiger partial charge on any atom is 0.304 e. The molecule has 204 valence electrons. The summed E-state index contributed by atoms with van der Waals surface area (Å²) in [4.78, 5) is 28.4. The number of carbonyl (C=O) groups is 2. The van der Waals surface area contributed by atoms with Crippen LogP contribution in [0.15, 0.2) is 42.5 Å². The Morgan fingerprint density at radius 1 is 1.03 bits per heavy atom. The van der Waals surface area contributed by atoms with E-state index in [9.17, 15) is 22.4 Å². The van der Waals surface area contributed by atoms with Gasteiger partial charge in [-0.1, -0.05) is 45.0 Å². The van der Waals surface area contributed by atoms with E-state index in [1.54, 1.807) is 38.1 Å². The average Bonchev–Trinajstić information content (AvgIpc) is 2.83. The van der Waals surface area contributed by atoms with E-state index in [0.29, 0.717) is 29.8 Å². The lowest BCUT2D eigenvalue weighted by Crippen LogP contribution is -2.53. The van der Waals surface area contributed by atoms with Crippen LogP contribution in [0, 0.1) is 25.6 Å². The molecule has 8 nitrogen and oxygen atoms in total. The highest BCUT2D eigenvalue weighted by Crippen LogP contribution is 2.26. The largest absolute Gasteiger partial charge is 0.354 e. The van der Waals surface area contributed by atoms with Crippen molar-refractivity contribution in [1.29, 1.82) is 0 Å². The Labute approximate surface area is 220 Å². The van der Waals surface area contributed by atoms with Gasteiger partial charge in [0.15, 0.2) is 0 Å². The molecular weight excluding hydrogens is 495 g/mol. The van der Waals surface area contributed by atoms with E-state index in [1.165, 1.54) is 31.1 Å². The highest BCUT2D eigenvalue weighted by atomic mass is 32.2. The number of halogens is 1. The summed E-state index contributed by atoms with van der Waals surface area (Å²) < 4.78 is 42.4. The van der Waals surface area contributed by atoms with Gasteiger partial charge in [-0.2, -0.15) is 12.7 Å². The van der Waals surface area contributed by atoms with E-state index in [2.05, 4.69) is 5.32 Å². The summed E-state index contributed by atoms with van der Waals surface area (Å²) in [6.45, 7) is 9.32. The number of nitrogens with zero attached hydrogens (tertiary/aromatic N) is 3. The minimum absolute atomic E-state index is 0.0232. The lowest BCUT2D eigenvalue weighted by molar-refractivity contribution is -0.140. The maximum atomic E-state index is 13.9. The number of aryl methyl sites for hydroxylation is 2. The standard InChI is InChI=1S/C27H39FN4O4S/c1-8-24(27(34)29-16-19(2)3)31(17-22-11-13-23(28)14-12-22)26(33)18-32(37(35,36)30(6)7)25-15-20(4)9-10-21(25)5/h9-15,19,24H,8,16-18H2,1-7H3,(H,29,34)/t24-/m1/s1. The highest BCUT2D eigenvalue weighted by molar-refractivity contribution is 7.90. The number of hydrogen-bond donors (Lipinski definition) is 1. The molecule has 0 unspecified atom stereocenters. The molecule has 2 rings (SSSR count). The first-order valence-corrected chi connectivity index (χ1v) is 13.8. The van der Waals surface area contributed by atoms with Crippen LogP contribution in [-0.2, 0) is 26.3 Å². The maximum absolute atomic E-state index is 13.9. The van der Waals surface area contributed by atoms with E-state index in [4.69, 9.17) is 0 Å². The molecule has 0 aliphatic carbocycles. The summed E-state index contributed by atoms with van der Waals surface area (Å²) >= 11 is 0. The molecular formula is C27H39FN4O4S. The van der Waals surface area contributed by atoms with Gasteiger partial charge in [-0.15, -0.1) is 0 Å². The van der Waals surface area contributed by atoms with Gasteiger partial charge in [0.1, 0.15) is 18.4 Å². The zero-order valence-electron chi connectivity index (χ0n) is 22.8. The number of hydrogen-bond acceptors (Lipinski definition) is 4. The number of amides is 2. The van der Waals surface area contributed by atoms with Crippen LogP contribution in [0.3, 0.4) is 0 Å². The Bertz CT molecular complexity index is 1180. The monoisotopic (exact) mass is 534 g/mol. The predicted octanol–water partition coefficient (Wildman–Crippen LogP) is 3.63. The molecule has 37 heavy (non-hydrogen) atoms. The van der Waals surface area contributed by atoms with Gasteiger partial charge in [0, 0.05) is 27.2 Å². The molecule has 0 spiro atoms. The second kappa shape index (κ2) is 13.0. The van der Waals surface area contributed by atoms with Crippen LogP contribution in [0.4, 0.5) is 10.1 Å². The minimum Gasteiger partial charge on any atom is -0.354 e. The lowest BCUT2D eigenvalue weighted by atomic mass is 10.1. The van der Waals surface area contributed by atoms with Crippen molar-refractivity contribution >= 4 is 27.7 Å². The number of rotatable bonds is 12. The van der Waals surface area contributed by atoms with Gasteiger partial charge in [-0.25, -0.2) is 8.70 Å². The van der Waals surface area contributed by atoms with Crippen LogP contribution in [0.2, 0.25) is 0 Å². The fourth-order valence-corrected chi connectivity index (χ4v) is 4.93. The Kier molecular flexibility index (Phi) is 10.6. The van der Waals surface area contributed by atoms with Crippen molar-refractivity contribution in [3.05, 3.63) is 65.0 Å². The van der Waals surface area contributed by atoms with Crippen molar-refractivity contribution in [1.82, 2.24) is 14.5 Å². The van der Waals surface area contributed by atoms with Gasteiger partial charge in [0.2, 0.25) is 11.8 Å². The van der Waals surface area contributed by atoms with Crippen molar-refractivity contribution in [3.63, 3.8) is 0 Å². The second-order valence-corrected chi connectivity index (χ2v) is 11.9. The molecule has 0 heterocycles. The molecule has 1 atom stereocenters. The molecule has 0 fully saturated rings. The number of carbonyl (C=O) groups excluding carboxylic acids is 2. The van der Waals surface area contributed by atoms with E-state index in [1.807, 2.05) is 26.8 Å². The van der Waals surface area contributed by atoms with Gasteiger partial charge < -0.3 is 10.2 Å². The third-order valence-corrected chi connectivity index (χ3v) is 7.79. The summed E-state index contributed by atoms with van der Waals surface area (Å²) in [5, 5.41) is 2.88. The van der Waals surface area contributed by atoms with Crippen LogP contribution < -0.4 is 9.62 Å².